The lowest BCUT2D eigenvalue weighted by Crippen LogP contribution is -2.51. The minimum atomic E-state index is -0.407. The predicted octanol–water partition coefficient (Wildman–Crippen LogP) is 2.63. The molecule has 1 unspecified atom stereocenters. The third kappa shape index (κ3) is 3.27. The molecule has 4 heterocycles. The number of carbonyl (C=O) groups is 2. The van der Waals surface area contributed by atoms with Gasteiger partial charge in [0.2, 0.25) is 5.43 Å². The first-order chi connectivity index (χ1) is 14.9. The summed E-state index contributed by atoms with van der Waals surface area (Å²) in [5.74, 6) is 0.287. The van der Waals surface area contributed by atoms with Crippen molar-refractivity contribution in [3.63, 3.8) is 0 Å². The Morgan fingerprint density at radius 1 is 1.06 bits per heavy atom. The molecule has 0 spiro atoms. The van der Waals surface area contributed by atoms with Crippen LogP contribution in [0.5, 0.6) is 5.75 Å². The molecule has 0 N–H and O–H groups in total. The quantitative estimate of drug-likeness (QED) is 0.610. The van der Waals surface area contributed by atoms with Gasteiger partial charge in [0.15, 0.2) is 5.76 Å². The lowest BCUT2D eigenvalue weighted by atomic mass is 10.1. The number of hydrogen-bond acceptors (Lipinski definition) is 5. The highest BCUT2D eigenvalue weighted by molar-refractivity contribution is 6.35. The maximum Gasteiger partial charge on any atom is 0.289 e. The largest absolute Gasteiger partial charge is 0.487 e. The van der Waals surface area contributed by atoms with Crippen LogP contribution in [0, 0.1) is 0 Å². The Morgan fingerprint density at radius 2 is 1.77 bits per heavy atom. The van der Waals surface area contributed by atoms with Gasteiger partial charge < -0.3 is 23.5 Å². The van der Waals surface area contributed by atoms with Crippen molar-refractivity contribution in [2.45, 2.75) is 19.6 Å². The summed E-state index contributed by atoms with van der Waals surface area (Å²) in [6.07, 6.45) is 2.96. The zero-order valence-electron chi connectivity index (χ0n) is 16.8. The smallest absolute Gasteiger partial charge is 0.289 e. The zero-order valence-corrected chi connectivity index (χ0v) is 17.6. The van der Waals surface area contributed by atoms with Crippen LogP contribution in [0.15, 0.2) is 45.9 Å². The monoisotopic (exact) mass is 441 g/mol. The number of furan rings is 1. The number of halogens is 1. The topological polar surface area (TPSA) is 85.0 Å². The van der Waals surface area contributed by atoms with Crippen LogP contribution in [0.3, 0.4) is 0 Å². The molecule has 2 aliphatic heterocycles. The van der Waals surface area contributed by atoms with Crippen molar-refractivity contribution >= 4 is 34.3 Å². The Balaban J connectivity index is 1.44. The van der Waals surface area contributed by atoms with E-state index in [0.717, 1.165) is 0 Å². The lowest BCUT2D eigenvalue weighted by Gasteiger charge is -2.34. The van der Waals surface area contributed by atoms with Crippen molar-refractivity contribution in [3.05, 3.63) is 63.3 Å². The van der Waals surface area contributed by atoms with Gasteiger partial charge in [-0.2, -0.15) is 0 Å². The normalized spacial score (nSPS) is 18.2. The minimum absolute atomic E-state index is 0.0754. The van der Waals surface area contributed by atoms with Crippen LogP contribution in [-0.2, 0) is 6.54 Å². The average Bonchev–Trinajstić information content (AvgIpc) is 3.31. The van der Waals surface area contributed by atoms with Gasteiger partial charge >= 0.3 is 0 Å². The SMILES string of the molecule is CC1Cn2cc(C(=O)N3CCN(C(=O)c4ccco4)CC3)c(=O)c3c(Cl)ccc(c32)O1. The molecule has 1 aromatic carbocycles. The number of hydrogen-bond donors (Lipinski definition) is 0. The molecule has 1 fully saturated rings. The molecule has 9 heteroatoms. The van der Waals surface area contributed by atoms with Crippen LogP contribution in [-0.4, -0.2) is 58.5 Å². The number of rotatable bonds is 2. The molecule has 0 bridgehead atoms. The molecule has 0 radical (unpaired) electrons. The molecule has 3 aromatic rings. The minimum Gasteiger partial charge on any atom is -0.487 e. The molecule has 31 heavy (non-hydrogen) atoms. The van der Waals surface area contributed by atoms with Gasteiger partial charge in [-0.25, -0.2) is 0 Å². The third-order valence-electron chi connectivity index (χ3n) is 5.73. The van der Waals surface area contributed by atoms with Gasteiger partial charge in [-0.3, -0.25) is 14.4 Å². The third-order valence-corrected chi connectivity index (χ3v) is 6.05. The van der Waals surface area contributed by atoms with Crippen LogP contribution < -0.4 is 10.2 Å². The van der Waals surface area contributed by atoms with E-state index >= 15 is 0 Å². The first-order valence-electron chi connectivity index (χ1n) is 10.1. The van der Waals surface area contributed by atoms with E-state index in [1.807, 2.05) is 11.5 Å². The molecule has 2 aromatic heterocycles. The molecule has 2 amide bonds. The fraction of sp³-hybridized carbons (Fsp3) is 0.318. The molecule has 1 atom stereocenters. The summed E-state index contributed by atoms with van der Waals surface area (Å²) in [6.45, 7) is 3.83. The second-order valence-electron chi connectivity index (χ2n) is 7.78. The van der Waals surface area contributed by atoms with E-state index in [9.17, 15) is 14.4 Å². The molecule has 5 rings (SSSR count). The molecular weight excluding hydrogens is 422 g/mol. The number of ether oxygens (including phenoxy) is 1. The number of piperazine rings is 1. The van der Waals surface area contributed by atoms with Crippen molar-refractivity contribution in [3.8, 4) is 5.75 Å². The summed E-state index contributed by atoms with van der Waals surface area (Å²) in [7, 11) is 0. The Hall–Kier alpha value is -3.26. The first kappa shape index (κ1) is 19.7. The molecule has 160 valence electrons. The highest BCUT2D eigenvalue weighted by Crippen LogP contribution is 2.33. The van der Waals surface area contributed by atoms with E-state index in [1.54, 1.807) is 40.3 Å². The Labute approximate surface area is 182 Å². The number of carbonyl (C=O) groups excluding carboxylic acids is 2. The van der Waals surface area contributed by atoms with Gasteiger partial charge in [0, 0.05) is 32.4 Å². The Kier molecular flexibility index (Phi) is 4.74. The number of amides is 2. The van der Waals surface area contributed by atoms with Crippen LogP contribution >= 0.6 is 11.6 Å². The second kappa shape index (κ2) is 7.46. The standard InChI is InChI=1S/C22H20ClN3O5/c1-13-11-26-12-14(20(27)18-15(23)4-5-16(31-13)19(18)26)21(28)24-6-8-25(9-7-24)22(29)17-3-2-10-30-17/h2-5,10,12-13H,6-9,11H2,1H3. The highest BCUT2D eigenvalue weighted by atomic mass is 35.5. The fourth-order valence-corrected chi connectivity index (χ4v) is 4.46. The lowest BCUT2D eigenvalue weighted by molar-refractivity contribution is 0.0517. The maximum absolute atomic E-state index is 13.2. The van der Waals surface area contributed by atoms with Gasteiger partial charge in [-0.05, 0) is 31.2 Å². The number of nitrogens with zero attached hydrogens (tertiary/aromatic N) is 3. The average molecular weight is 442 g/mol. The van der Waals surface area contributed by atoms with E-state index in [0.29, 0.717) is 54.4 Å². The Morgan fingerprint density at radius 3 is 2.45 bits per heavy atom. The van der Waals surface area contributed by atoms with Crippen LogP contribution in [0.4, 0.5) is 0 Å². The highest BCUT2D eigenvalue weighted by Gasteiger charge is 2.30. The van der Waals surface area contributed by atoms with Crippen LogP contribution in [0.2, 0.25) is 5.02 Å². The fourth-order valence-electron chi connectivity index (χ4n) is 4.22. The van der Waals surface area contributed by atoms with Crippen molar-refractivity contribution in [1.29, 1.82) is 0 Å². The van der Waals surface area contributed by atoms with Crippen molar-refractivity contribution in [2.24, 2.45) is 0 Å². The molecule has 8 nitrogen and oxygen atoms in total. The Bertz CT molecular complexity index is 1240. The van der Waals surface area contributed by atoms with Crippen molar-refractivity contribution in [1.82, 2.24) is 14.4 Å². The van der Waals surface area contributed by atoms with Gasteiger partial charge in [0.25, 0.3) is 11.8 Å². The molecule has 0 saturated carbocycles. The second-order valence-corrected chi connectivity index (χ2v) is 8.19. The summed E-state index contributed by atoms with van der Waals surface area (Å²) in [6, 6.07) is 6.64. The molecule has 0 aliphatic carbocycles. The van der Waals surface area contributed by atoms with E-state index < -0.39 is 5.43 Å². The summed E-state index contributed by atoms with van der Waals surface area (Å²) in [5.41, 5.74) is 0.280. The number of aromatic nitrogens is 1. The van der Waals surface area contributed by atoms with Crippen LogP contribution in [0.1, 0.15) is 27.8 Å². The van der Waals surface area contributed by atoms with Crippen molar-refractivity contribution in [2.75, 3.05) is 26.2 Å². The molecule has 1 saturated heterocycles. The number of pyridine rings is 1. The van der Waals surface area contributed by atoms with Gasteiger partial charge in [-0.15, -0.1) is 0 Å². The van der Waals surface area contributed by atoms with Crippen LogP contribution in [0.25, 0.3) is 10.9 Å². The molecule has 2 aliphatic rings. The summed E-state index contributed by atoms with van der Waals surface area (Å²) in [4.78, 5) is 42.1. The van der Waals surface area contributed by atoms with E-state index in [2.05, 4.69) is 0 Å². The summed E-state index contributed by atoms with van der Waals surface area (Å²) in [5, 5.41) is 0.586. The van der Waals surface area contributed by atoms with Crippen molar-refractivity contribution < 1.29 is 18.7 Å². The number of benzene rings is 1. The van der Waals surface area contributed by atoms with E-state index in [-0.39, 0.29) is 29.2 Å². The first-order valence-corrected chi connectivity index (χ1v) is 10.5. The van der Waals surface area contributed by atoms with Gasteiger partial charge in [0.05, 0.1) is 28.7 Å². The summed E-state index contributed by atoms with van der Waals surface area (Å²) < 4.78 is 12.9. The summed E-state index contributed by atoms with van der Waals surface area (Å²) >= 11 is 6.34. The van der Waals surface area contributed by atoms with Gasteiger partial charge in [0.1, 0.15) is 17.4 Å². The molecular formula is C22H20ClN3O5. The zero-order chi connectivity index (χ0) is 21.7. The van der Waals surface area contributed by atoms with E-state index in [4.69, 9.17) is 20.8 Å². The maximum atomic E-state index is 13.2. The predicted molar refractivity (Wildman–Crippen MR) is 114 cm³/mol. The van der Waals surface area contributed by atoms with Gasteiger partial charge in [-0.1, -0.05) is 11.6 Å². The van der Waals surface area contributed by atoms with E-state index in [1.165, 1.54) is 6.26 Å².